The summed E-state index contributed by atoms with van der Waals surface area (Å²) >= 11 is 0. The molecule has 2 aliphatic rings. The molecule has 1 fully saturated rings. The number of aryl methyl sites for hydroxylation is 2. The van der Waals surface area contributed by atoms with Crippen molar-refractivity contribution in [3.63, 3.8) is 0 Å². The molecule has 0 saturated carbocycles. The summed E-state index contributed by atoms with van der Waals surface area (Å²) in [5.41, 5.74) is 5.59. The molecule has 0 unspecified atom stereocenters. The number of hydrogen-bond acceptors (Lipinski definition) is 4. The predicted molar refractivity (Wildman–Crippen MR) is 103 cm³/mol. The van der Waals surface area contributed by atoms with Crippen LogP contribution in [0, 0.1) is 13.8 Å². The number of benzene rings is 2. The Morgan fingerprint density at radius 1 is 1.04 bits per heavy atom. The molecular weight excluding hydrogens is 326 g/mol. The summed E-state index contributed by atoms with van der Waals surface area (Å²) in [6.45, 7) is 7.83. The van der Waals surface area contributed by atoms with Crippen LogP contribution < -0.4 is 4.90 Å². The van der Waals surface area contributed by atoms with E-state index in [1.807, 2.05) is 47.4 Å². The Hall–Kier alpha value is -2.50. The summed E-state index contributed by atoms with van der Waals surface area (Å²) in [7, 11) is 0. The monoisotopic (exact) mass is 349 g/mol. The third-order valence-corrected chi connectivity index (χ3v) is 5.07. The standard InChI is InChI=1S/C21H23N3O2/c1-15-7-8-17(13-16(15)2)22-20-18-5-3-4-6-19(18)24(21(20)25)14-23-9-11-26-12-10-23/h3-8,13H,9-12,14H2,1-2H3. The van der Waals surface area contributed by atoms with E-state index in [1.165, 1.54) is 11.1 Å². The summed E-state index contributed by atoms with van der Waals surface area (Å²) < 4.78 is 5.41. The lowest BCUT2D eigenvalue weighted by atomic mass is 10.1. The smallest absolute Gasteiger partial charge is 0.278 e. The van der Waals surface area contributed by atoms with Gasteiger partial charge in [-0.25, -0.2) is 4.99 Å². The van der Waals surface area contributed by atoms with E-state index >= 15 is 0 Å². The summed E-state index contributed by atoms with van der Waals surface area (Å²) in [6.07, 6.45) is 0. The Morgan fingerprint density at radius 3 is 2.58 bits per heavy atom. The Kier molecular flexibility index (Phi) is 4.57. The molecule has 0 spiro atoms. The van der Waals surface area contributed by atoms with Gasteiger partial charge >= 0.3 is 0 Å². The molecule has 1 amide bonds. The van der Waals surface area contributed by atoms with Gasteiger partial charge in [-0.2, -0.15) is 0 Å². The molecule has 0 aromatic heterocycles. The minimum Gasteiger partial charge on any atom is -0.379 e. The van der Waals surface area contributed by atoms with Crippen molar-refractivity contribution in [1.29, 1.82) is 0 Å². The second kappa shape index (κ2) is 7.02. The number of carbonyl (C=O) groups is 1. The predicted octanol–water partition coefficient (Wildman–Crippen LogP) is 3.06. The van der Waals surface area contributed by atoms with Crippen LogP contribution in [-0.4, -0.2) is 49.5 Å². The molecular formula is C21H23N3O2. The van der Waals surface area contributed by atoms with E-state index in [4.69, 9.17) is 9.73 Å². The van der Waals surface area contributed by atoms with E-state index in [2.05, 4.69) is 18.7 Å². The van der Waals surface area contributed by atoms with Crippen LogP contribution in [0.4, 0.5) is 11.4 Å². The molecule has 0 radical (unpaired) electrons. The largest absolute Gasteiger partial charge is 0.379 e. The minimum atomic E-state index is -0.0316. The lowest BCUT2D eigenvalue weighted by Crippen LogP contribution is -2.45. The number of nitrogens with zero attached hydrogens (tertiary/aromatic N) is 3. The van der Waals surface area contributed by atoms with E-state index in [-0.39, 0.29) is 5.91 Å². The zero-order chi connectivity index (χ0) is 18.1. The summed E-state index contributed by atoms with van der Waals surface area (Å²) in [6, 6.07) is 13.9. The highest BCUT2D eigenvalue weighted by atomic mass is 16.5. The number of anilines is 1. The number of para-hydroxylation sites is 1. The first-order valence-electron chi connectivity index (χ1n) is 9.01. The second-order valence-corrected chi connectivity index (χ2v) is 6.85. The average Bonchev–Trinajstić information content (AvgIpc) is 2.92. The number of ether oxygens (including phenoxy) is 1. The van der Waals surface area contributed by atoms with Crippen LogP contribution in [0.5, 0.6) is 0 Å². The van der Waals surface area contributed by atoms with Gasteiger partial charge in [0.1, 0.15) is 5.71 Å². The molecule has 1 saturated heterocycles. The van der Waals surface area contributed by atoms with E-state index in [0.29, 0.717) is 25.6 Å². The first kappa shape index (κ1) is 16.9. The average molecular weight is 349 g/mol. The Labute approximate surface area is 153 Å². The van der Waals surface area contributed by atoms with Gasteiger partial charge in [-0.3, -0.25) is 14.6 Å². The minimum absolute atomic E-state index is 0.0316. The molecule has 2 aromatic carbocycles. The maximum atomic E-state index is 13.1. The molecule has 2 aliphatic heterocycles. The Morgan fingerprint density at radius 2 is 1.81 bits per heavy atom. The number of hydrogen-bond donors (Lipinski definition) is 0. The highest BCUT2D eigenvalue weighted by Crippen LogP contribution is 2.31. The van der Waals surface area contributed by atoms with Gasteiger partial charge in [0.05, 0.1) is 31.3 Å². The van der Waals surface area contributed by atoms with Gasteiger partial charge in [0, 0.05) is 18.7 Å². The van der Waals surface area contributed by atoms with Crippen molar-refractivity contribution in [2.45, 2.75) is 13.8 Å². The molecule has 2 heterocycles. The normalized spacial score (nSPS) is 19.2. The van der Waals surface area contributed by atoms with Crippen molar-refractivity contribution < 1.29 is 9.53 Å². The van der Waals surface area contributed by atoms with Crippen LogP contribution in [0.15, 0.2) is 47.5 Å². The molecule has 5 heteroatoms. The van der Waals surface area contributed by atoms with Crippen LogP contribution in [0.1, 0.15) is 16.7 Å². The number of morpholine rings is 1. The zero-order valence-corrected chi connectivity index (χ0v) is 15.2. The van der Waals surface area contributed by atoms with Gasteiger partial charge in [-0.05, 0) is 43.2 Å². The lowest BCUT2D eigenvalue weighted by Gasteiger charge is -2.30. The summed E-state index contributed by atoms with van der Waals surface area (Å²) in [5.74, 6) is -0.0316. The molecule has 0 bridgehead atoms. The fourth-order valence-electron chi connectivity index (χ4n) is 3.38. The lowest BCUT2D eigenvalue weighted by molar-refractivity contribution is -0.112. The van der Waals surface area contributed by atoms with Crippen molar-refractivity contribution in [2.75, 3.05) is 37.9 Å². The van der Waals surface area contributed by atoms with Crippen LogP contribution in [0.25, 0.3) is 0 Å². The van der Waals surface area contributed by atoms with Crippen LogP contribution >= 0.6 is 0 Å². The van der Waals surface area contributed by atoms with E-state index < -0.39 is 0 Å². The number of amides is 1. The second-order valence-electron chi connectivity index (χ2n) is 6.85. The van der Waals surface area contributed by atoms with Crippen LogP contribution in [0.3, 0.4) is 0 Å². The highest BCUT2D eigenvalue weighted by Gasteiger charge is 2.34. The number of aliphatic imine (C=N–C) groups is 1. The van der Waals surface area contributed by atoms with Gasteiger partial charge < -0.3 is 4.74 Å². The van der Waals surface area contributed by atoms with E-state index in [1.54, 1.807) is 0 Å². The molecule has 2 aromatic rings. The molecule has 26 heavy (non-hydrogen) atoms. The SMILES string of the molecule is Cc1ccc(N=C2C(=O)N(CN3CCOCC3)c3ccccc32)cc1C. The van der Waals surface area contributed by atoms with E-state index in [9.17, 15) is 4.79 Å². The van der Waals surface area contributed by atoms with Crippen molar-refractivity contribution in [3.8, 4) is 0 Å². The Bertz CT molecular complexity index is 869. The van der Waals surface area contributed by atoms with Crippen molar-refractivity contribution in [2.24, 2.45) is 4.99 Å². The highest BCUT2D eigenvalue weighted by molar-refractivity contribution is 6.54. The maximum Gasteiger partial charge on any atom is 0.278 e. The maximum absolute atomic E-state index is 13.1. The molecule has 0 N–H and O–H groups in total. The van der Waals surface area contributed by atoms with E-state index in [0.717, 1.165) is 30.0 Å². The quantitative estimate of drug-likeness (QED) is 0.855. The van der Waals surface area contributed by atoms with Crippen LogP contribution in [0.2, 0.25) is 0 Å². The molecule has 0 atom stereocenters. The van der Waals surface area contributed by atoms with Crippen molar-refractivity contribution >= 4 is 23.0 Å². The van der Waals surface area contributed by atoms with Gasteiger partial charge in [-0.15, -0.1) is 0 Å². The summed E-state index contributed by atoms with van der Waals surface area (Å²) in [4.78, 5) is 21.9. The number of rotatable bonds is 3. The first-order valence-corrected chi connectivity index (χ1v) is 9.01. The van der Waals surface area contributed by atoms with Crippen molar-refractivity contribution in [1.82, 2.24) is 4.90 Å². The molecule has 134 valence electrons. The number of fused-ring (bicyclic) bond motifs is 1. The third-order valence-electron chi connectivity index (χ3n) is 5.07. The fourth-order valence-corrected chi connectivity index (χ4v) is 3.38. The van der Waals surface area contributed by atoms with Gasteiger partial charge in [0.25, 0.3) is 5.91 Å². The molecule has 5 nitrogen and oxygen atoms in total. The molecule has 0 aliphatic carbocycles. The first-order chi connectivity index (χ1) is 12.6. The molecule has 4 rings (SSSR count). The van der Waals surface area contributed by atoms with Crippen molar-refractivity contribution in [3.05, 3.63) is 59.2 Å². The fraction of sp³-hybridized carbons (Fsp3) is 0.333. The van der Waals surface area contributed by atoms with Crippen LogP contribution in [-0.2, 0) is 9.53 Å². The van der Waals surface area contributed by atoms with Gasteiger partial charge in [0.15, 0.2) is 0 Å². The third kappa shape index (κ3) is 3.16. The topological polar surface area (TPSA) is 45.1 Å². The number of carbonyl (C=O) groups excluding carboxylic acids is 1. The zero-order valence-electron chi connectivity index (χ0n) is 15.2. The summed E-state index contributed by atoms with van der Waals surface area (Å²) in [5, 5.41) is 0. The Balaban J connectivity index is 1.68. The van der Waals surface area contributed by atoms with Gasteiger partial charge in [-0.1, -0.05) is 24.3 Å². The van der Waals surface area contributed by atoms with Gasteiger partial charge in [0.2, 0.25) is 0 Å².